The minimum atomic E-state index is -0.639. The van der Waals surface area contributed by atoms with Crippen LogP contribution in [-0.2, 0) is 22.7 Å². The zero-order chi connectivity index (χ0) is 25.1. The molecule has 7 nitrogen and oxygen atoms in total. The van der Waals surface area contributed by atoms with Crippen LogP contribution in [0.25, 0.3) is 6.08 Å². The first-order chi connectivity index (χ1) is 16.7. The van der Waals surface area contributed by atoms with Crippen LogP contribution in [-0.4, -0.2) is 29.1 Å². The fourth-order valence-electron chi connectivity index (χ4n) is 3.13. The number of furan rings is 1. The summed E-state index contributed by atoms with van der Waals surface area (Å²) in [6.07, 6.45) is 1.63. The van der Waals surface area contributed by atoms with Crippen molar-refractivity contribution in [2.24, 2.45) is 0 Å². The molecule has 11 heteroatoms. The molecular formula is C24H16BrCl2NO6S. The number of amides is 2. The smallest absolute Gasteiger partial charge is 0.373 e. The second-order valence-electron chi connectivity index (χ2n) is 7.25. The Morgan fingerprint density at radius 2 is 1.91 bits per heavy atom. The summed E-state index contributed by atoms with van der Waals surface area (Å²) in [5, 5.41) is 0.491. The maximum atomic E-state index is 12.8. The van der Waals surface area contributed by atoms with Gasteiger partial charge in [-0.05, 0) is 81.3 Å². The number of carbonyl (C=O) groups is 3. The maximum Gasteiger partial charge on any atom is 0.373 e. The summed E-state index contributed by atoms with van der Waals surface area (Å²) in [5.41, 5.74) is 1.56. The van der Waals surface area contributed by atoms with Gasteiger partial charge in [0.15, 0.2) is 0 Å². The number of rotatable bonds is 7. The number of carbonyl (C=O) groups excluding carboxylic acids is 3. The van der Waals surface area contributed by atoms with E-state index in [1.54, 1.807) is 36.4 Å². The predicted molar refractivity (Wildman–Crippen MR) is 136 cm³/mol. The van der Waals surface area contributed by atoms with Gasteiger partial charge in [-0.15, -0.1) is 0 Å². The van der Waals surface area contributed by atoms with E-state index in [9.17, 15) is 14.4 Å². The van der Waals surface area contributed by atoms with Crippen LogP contribution in [0.2, 0.25) is 10.0 Å². The van der Waals surface area contributed by atoms with Crippen molar-refractivity contribution in [1.82, 2.24) is 4.90 Å². The molecule has 2 heterocycles. The van der Waals surface area contributed by atoms with Crippen LogP contribution in [0, 0.1) is 0 Å². The summed E-state index contributed by atoms with van der Waals surface area (Å²) in [6, 6.07) is 13.5. The summed E-state index contributed by atoms with van der Waals surface area (Å²) >= 11 is 16.3. The molecule has 1 aliphatic rings. The summed E-state index contributed by atoms with van der Waals surface area (Å²) in [4.78, 5) is 38.1. The third kappa shape index (κ3) is 5.92. The molecular weight excluding hydrogens is 581 g/mol. The van der Waals surface area contributed by atoms with Crippen molar-refractivity contribution in [2.75, 3.05) is 7.11 Å². The zero-order valence-corrected chi connectivity index (χ0v) is 22.0. The van der Waals surface area contributed by atoms with E-state index in [4.69, 9.17) is 32.4 Å². The molecule has 0 atom stereocenters. The van der Waals surface area contributed by atoms with E-state index < -0.39 is 17.1 Å². The van der Waals surface area contributed by atoms with E-state index in [0.717, 1.165) is 22.2 Å². The van der Waals surface area contributed by atoms with Gasteiger partial charge in [-0.1, -0.05) is 35.3 Å². The number of hydrogen-bond acceptors (Lipinski definition) is 7. The molecule has 0 radical (unpaired) electrons. The van der Waals surface area contributed by atoms with E-state index in [1.165, 1.54) is 19.2 Å². The largest absolute Gasteiger partial charge is 0.488 e. The van der Waals surface area contributed by atoms with Crippen LogP contribution in [0.15, 0.2) is 62.3 Å². The van der Waals surface area contributed by atoms with E-state index in [2.05, 4.69) is 20.7 Å². The summed E-state index contributed by atoms with van der Waals surface area (Å²) in [6.45, 7) is 0.197. The lowest BCUT2D eigenvalue weighted by Crippen LogP contribution is -2.27. The fourth-order valence-corrected chi connectivity index (χ4v) is 4.80. The Kier molecular flexibility index (Phi) is 7.91. The number of thioether (sulfide) groups is 1. The van der Waals surface area contributed by atoms with Crippen molar-refractivity contribution in [3.63, 3.8) is 0 Å². The molecule has 4 rings (SSSR count). The molecule has 0 bridgehead atoms. The van der Waals surface area contributed by atoms with Gasteiger partial charge in [0, 0.05) is 0 Å². The second-order valence-corrected chi connectivity index (χ2v) is 9.91. The molecule has 1 aliphatic heterocycles. The minimum absolute atomic E-state index is 0.00340. The quantitative estimate of drug-likeness (QED) is 0.215. The molecule has 0 N–H and O–H groups in total. The van der Waals surface area contributed by atoms with Crippen molar-refractivity contribution in [2.45, 2.75) is 13.2 Å². The van der Waals surface area contributed by atoms with E-state index >= 15 is 0 Å². The number of hydrogen-bond donors (Lipinski definition) is 0. The van der Waals surface area contributed by atoms with Gasteiger partial charge >= 0.3 is 5.97 Å². The van der Waals surface area contributed by atoms with Crippen molar-refractivity contribution < 1.29 is 28.3 Å². The minimum Gasteiger partial charge on any atom is -0.488 e. The number of halogens is 3. The average molecular weight is 597 g/mol. The van der Waals surface area contributed by atoms with Crippen molar-refractivity contribution in [1.29, 1.82) is 0 Å². The third-order valence-corrected chi connectivity index (χ3v) is 7.13. The highest BCUT2D eigenvalue weighted by atomic mass is 79.9. The standard InChI is InChI=1S/C24H16BrCl2NO6S/c1-32-23(30)20-7-4-15(34-20)11-28-22(29)21(35-24(28)31)10-13-3-6-19(16(25)8-13)33-12-14-2-5-17(26)18(27)9-14/h2-10H,11-12H2,1H3/b21-10+. The van der Waals surface area contributed by atoms with Crippen LogP contribution in [0.1, 0.15) is 27.4 Å². The molecule has 0 saturated carbocycles. The summed E-state index contributed by atoms with van der Waals surface area (Å²) in [5.74, 6) is -0.204. The molecule has 1 aromatic heterocycles. The van der Waals surface area contributed by atoms with Gasteiger partial charge in [0.05, 0.1) is 33.1 Å². The Labute approximate surface area is 223 Å². The molecule has 35 heavy (non-hydrogen) atoms. The highest BCUT2D eigenvalue weighted by molar-refractivity contribution is 9.10. The SMILES string of the molecule is COC(=O)c1ccc(CN2C(=O)S/C(=C/c3ccc(OCc4ccc(Cl)c(Cl)c4)c(Br)c3)C2=O)o1. The first-order valence-corrected chi connectivity index (χ1v) is 12.4. The average Bonchev–Trinajstić information content (AvgIpc) is 3.40. The van der Waals surface area contributed by atoms with Gasteiger partial charge in [-0.3, -0.25) is 14.5 Å². The van der Waals surface area contributed by atoms with Gasteiger partial charge in [0.2, 0.25) is 5.76 Å². The van der Waals surface area contributed by atoms with Gasteiger partial charge in [-0.2, -0.15) is 0 Å². The van der Waals surface area contributed by atoms with E-state index in [-0.39, 0.29) is 23.8 Å². The van der Waals surface area contributed by atoms with Crippen LogP contribution in [0.4, 0.5) is 4.79 Å². The molecule has 2 amide bonds. The first kappa shape index (κ1) is 25.4. The Morgan fingerprint density at radius 3 is 2.63 bits per heavy atom. The molecule has 3 aromatic rings. The van der Waals surface area contributed by atoms with Crippen LogP contribution < -0.4 is 4.74 Å². The predicted octanol–water partition coefficient (Wildman–Crippen LogP) is 6.95. The van der Waals surface area contributed by atoms with E-state index in [1.807, 2.05) is 6.07 Å². The van der Waals surface area contributed by atoms with Crippen LogP contribution in [0.5, 0.6) is 5.75 Å². The van der Waals surface area contributed by atoms with Crippen molar-refractivity contribution in [3.8, 4) is 5.75 Å². The van der Waals surface area contributed by atoms with E-state index in [0.29, 0.717) is 31.6 Å². The lowest BCUT2D eigenvalue weighted by molar-refractivity contribution is -0.123. The summed E-state index contributed by atoms with van der Waals surface area (Å²) in [7, 11) is 1.23. The highest BCUT2D eigenvalue weighted by Crippen LogP contribution is 2.35. The number of esters is 1. The van der Waals surface area contributed by atoms with Gasteiger partial charge in [0.25, 0.3) is 11.1 Å². The van der Waals surface area contributed by atoms with Gasteiger partial charge in [-0.25, -0.2) is 4.79 Å². The normalized spacial score (nSPS) is 14.6. The van der Waals surface area contributed by atoms with Crippen molar-refractivity contribution in [3.05, 3.63) is 90.6 Å². The number of imide groups is 1. The monoisotopic (exact) mass is 595 g/mol. The highest BCUT2D eigenvalue weighted by Gasteiger charge is 2.35. The van der Waals surface area contributed by atoms with Crippen LogP contribution in [0.3, 0.4) is 0 Å². The molecule has 1 fully saturated rings. The number of methoxy groups -OCH3 is 1. The van der Waals surface area contributed by atoms with Crippen LogP contribution >= 0.6 is 50.9 Å². The Hall–Kier alpha value is -2.72. The molecule has 2 aromatic carbocycles. The Bertz CT molecular complexity index is 1360. The maximum absolute atomic E-state index is 12.8. The number of benzene rings is 2. The molecule has 180 valence electrons. The van der Waals surface area contributed by atoms with Crippen molar-refractivity contribution >= 4 is 74.1 Å². The zero-order valence-electron chi connectivity index (χ0n) is 18.0. The fraction of sp³-hybridized carbons (Fsp3) is 0.125. The lowest BCUT2D eigenvalue weighted by atomic mass is 10.2. The number of ether oxygens (including phenoxy) is 2. The third-order valence-electron chi connectivity index (χ3n) is 4.87. The Morgan fingerprint density at radius 1 is 1.11 bits per heavy atom. The van der Waals surface area contributed by atoms with Gasteiger partial charge in [0.1, 0.15) is 18.1 Å². The first-order valence-electron chi connectivity index (χ1n) is 10.0. The second kappa shape index (κ2) is 10.9. The lowest BCUT2D eigenvalue weighted by Gasteiger charge is -2.10. The van der Waals surface area contributed by atoms with Gasteiger partial charge < -0.3 is 13.9 Å². The molecule has 0 spiro atoms. The summed E-state index contributed by atoms with van der Waals surface area (Å²) < 4.78 is 16.5. The molecule has 0 aliphatic carbocycles. The Balaban J connectivity index is 1.43. The molecule has 1 saturated heterocycles. The molecule has 0 unspecified atom stereocenters. The topological polar surface area (TPSA) is 86.0 Å². The number of nitrogens with zero attached hydrogens (tertiary/aromatic N) is 1.